The van der Waals surface area contributed by atoms with Crippen molar-refractivity contribution in [3.8, 4) is 5.75 Å². The van der Waals surface area contributed by atoms with Crippen molar-refractivity contribution in [3.63, 3.8) is 0 Å². The lowest BCUT2D eigenvalue weighted by Crippen LogP contribution is -2.29. The summed E-state index contributed by atoms with van der Waals surface area (Å²) in [5.41, 5.74) is 6.47. The fourth-order valence-corrected chi connectivity index (χ4v) is 2.27. The first-order valence-electron chi connectivity index (χ1n) is 6.83. The standard InChI is InChI=1S/C15H26N2O2/c1-5-19-8-6-7-14(17-16)13-9-12(3)15(18-4)10-11(13)2/h9-10,14,17H,5-8,16H2,1-4H3. The highest BCUT2D eigenvalue weighted by Gasteiger charge is 2.14. The molecule has 0 saturated heterocycles. The Kier molecular flexibility index (Phi) is 6.84. The average molecular weight is 266 g/mol. The van der Waals surface area contributed by atoms with Crippen LogP contribution in [-0.4, -0.2) is 20.3 Å². The summed E-state index contributed by atoms with van der Waals surface area (Å²) >= 11 is 0. The maximum atomic E-state index is 5.69. The van der Waals surface area contributed by atoms with Crippen molar-refractivity contribution in [2.24, 2.45) is 5.84 Å². The van der Waals surface area contributed by atoms with Crippen LogP contribution < -0.4 is 16.0 Å². The summed E-state index contributed by atoms with van der Waals surface area (Å²) in [5.74, 6) is 6.61. The van der Waals surface area contributed by atoms with Gasteiger partial charge < -0.3 is 9.47 Å². The largest absolute Gasteiger partial charge is 0.496 e. The van der Waals surface area contributed by atoms with Crippen molar-refractivity contribution in [3.05, 3.63) is 28.8 Å². The molecule has 3 N–H and O–H groups in total. The minimum Gasteiger partial charge on any atom is -0.496 e. The van der Waals surface area contributed by atoms with Crippen molar-refractivity contribution >= 4 is 0 Å². The van der Waals surface area contributed by atoms with E-state index in [2.05, 4.69) is 31.4 Å². The molecule has 0 bridgehead atoms. The molecule has 0 aliphatic rings. The van der Waals surface area contributed by atoms with Crippen LogP contribution in [0.4, 0.5) is 0 Å². The Morgan fingerprint density at radius 3 is 2.58 bits per heavy atom. The highest BCUT2D eigenvalue weighted by molar-refractivity contribution is 5.42. The van der Waals surface area contributed by atoms with Gasteiger partial charge in [0, 0.05) is 19.3 Å². The second-order valence-corrected chi connectivity index (χ2v) is 4.74. The molecule has 4 heteroatoms. The van der Waals surface area contributed by atoms with Crippen molar-refractivity contribution in [1.29, 1.82) is 0 Å². The first-order chi connectivity index (χ1) is 9.13. The van der Waals surface area contributed by atoms with Gasteiger partial charge in [-0.2, -0.15) is 0 Å². The van der Waals surface area contributed by atoms with Crippen LogP contribution in [0, 0.1) is 13.8 Å². The van der Waals surface area contributed by atoms with E-state index in [1.54, 1.807) is 7.11 Å². The third kappa shape index (κ3) is 4.49. The van der Waals surface area contributed by atoms with E-state index in [1.165, 1.54) is 11.1 Å². The Morgan fingerprint density at radius 2 is 2.00 bits per heavy atom. The van der Waals surface area contributed by atoms with Crippen LogP contribution in [0.3, 0.4) is 0 Å². The molecule has 0 spiro atoms. The van der Waals surface area contributed by atoms with Crippen molar-refractivity contribution in [2.75, 3.05) is 20.3 Å². The number of hydrogen-bond acceptors (Lipinski definition) is 4. The van der Waals surface area contributed by atoms with Crippen LogP contribution in [0.1, 0.15) is 42.5 Å². The number of hydrogen-bond donors (Lipinski definition) is 2. The van der Waals surface area contributed by atoms with E-state index < -0.39 is 0 Å². The molecule has 0 amide bonds. The number of benzene rings is 1. The lowest BCUT2D eigenvalue weighted by molar-refractivity contribution is 0.141. The van der Waals surface area contributed by atoms with Gasteiger partial charge >= 0.3 is 0 Å². The van der Waals surface area contributed by atoms with Gasteiger partial charge in [0.25, 0.3) is 0 Å². The van der Waals surface area contributed by atoms with Crippen LogP contribution in [0.25, 0.3) is 0 Å². The molecule has 19 heavy (non-hydrogen) atoms. The molecule has 4 nitrogen and oxygen atoms in total. The molecule has 0 heterocycles. The third-order valence-electron chi connectivity index (χ3n) is 3.35. The molecular weight excluding hydrogens is 240 g/mol. The molecule has 0 fully saturated rings. The topological polar surface area (TPSA) is 56.5 Å². The van der Waals surface area contributed by atoms with Gasteiger partial charge in [-0.1, -0.05) is 6.07 Å². The molecule has 1 atom stereocenters. The molecule has 0 radical (unpaired) electrons. The normalized spacial score (nSPS) is 12.5. The predicted octanol–water partition coefficient (Wildman–Crippen LogP) is 2.63. The quantitative estimate of drug-likeness (QED) is 0.431. The van der Waals surface area contributed by atoms with Gasteiger partial charge in [0.2, 0.25) is 0 Å². The Labute approximate surface area is 116 Å². The summed E-state index contributed by atoms with van der Waals surface area (Å²) in [6, 6.07) is 4.38. The lowest BCUT2D eigenvalue weighted by atomic mass is 9.95. The highest BCUT2D eigenvalue weighted by Crippen LogP contribution is 2.28. The smallest absolute Gasteiger partial charge is 0.122 e. The van der Waals surface area contributed by atoms with Gasteiger partial charge in [0.05, 0.1) is 7.11 Å². The number of hydrazine groups is 1. The fourth-order valence-electron chi connectivity index (χ4n) is 2.27. The predicted molar refractivity (Wildman–Crippen MR) is 78.3 cm³/mol. The third-order valence-corrected chi connectivity index (χ3v) is 3.35. The Bertz CT molecular complexity index is 394. The van der Waals surface area contributed by atoms with Gasteiger partial charge in [-0.05, 0) is 56.4 Å². The Balaban J connectivity index is 2.77. The van der Waals surface area contributed by atoms with Gasteiger partial charge in [0.15, 0.2) is 0 Å². The average Bonchev–Trinajstić information content (AvgIpc) is 2.41. The molecule has 1 aromatic carbocycles. The van der Waals surface area contributed by atoms with E-state index in [0.717, 1.165) is 37.4 Å². The summed E-state index contributed by atoms with van der Waals surface area (Å²) < 4.78 is 10.7. The van der Waals surface area contributed by atoms with Crippen LogP contribution >= 0.6 is 0 Å². The number of rotatable bonds is 8. The Hall–Kier alpha value is -1.10. The van der Waals surface area contributed by atoms with Gasteiger partial charge in [0.1, 0.15) is 5.75 Å². The van der Waals surface area contributed by atoms with Crippen molar-refractivity contribution < 1.29 is 9.47 Å². The van der Waals surface area contributed by atoms with Crippen molar-refractivity contribution in [1.82, 2.24) is 5.43 Å². The summed E-state index contributed by atoms with van der Waals surface area (Å²) in [5, 5.41) is 0. The SMILES string of the molecule is CCOCCCC(NN)c1cc(C)c(OC)cc1C. The molecule has 0 aliphatic carbocycles. The van der Waals surface area contributed by atoms with E-state index >= 15 is 0 Å². The van der Waals surface area contributed by atoms with E-state index in [-0.39, 0.29) is 6.04 Å². The summed E-state index contributed by atoms with van der Waals surface area (Å²) in [7, 11) is 1.70. The zero-order valence-corrected chi connectivity index (χ0v) is 12.5. The summed E-state index contributed by atoms with van der Waals surface area (Å²) in [6.45, 7) is 7.69. The summed E-state index contributed by atoms with van der Waals surface area (Å²) in [4.78, 5) is 0. The minimum atomic E-state index is 0.157. The maximum Gasteiger partial charge on any atom is 0.122 e. The molecule has 1 unspecified atom stereocenters. The van der Waals surface area contributed by atoms with Crippen LogP contribution in [0.5, 0.6) is 5.75 Å². The second-order valence-electron chi connectivity index (χ2n) is 4.74. The molecule has 0 aromatic heterocycles. The number of aryl methyl sites for hydroxylation is 2. The van der Waals surface area contributed by atoms with Crippen LogP contribution in [0.2, 0.25) is 0 Å². The molecular formula is C15H26N2O2. The molecule has 0 aliphatic heterocycles. The molecule has 1 rings (SSSR count). The number of nitrogens with two attached hydrogens (primary N) is 1. The minimum absolute atomic E-state index is 0.157. The van der Waals surface area contributed by atoms with Gasteiger partial charge in [-0.3, -0.25) is 11.3 Å². The molecule has 0 saturated carbocycles. The first-order valence-corrected chi connectivity index (χ1v) is 6.83. The number of nitrogens with one attached hydrogen (secondary N) is 1. The van der Waals surface area contributed by atoms with Gasteiger partial charge in [-0.15, -0.1) is 0 Å². The van der Waals surface area contributed by atoms with Crippen LogP contribution in [0.15, 0.2) is 12.1 Å². The van der Waals surface area contributed by atoms with Crippen molar-refractivity contribution in [2.45, 2.75) is 39.7 Å². The monoisotopic (exact) mass is 266 g/mol. The van der Waals surface area contributed by atoms with E-state index in [4.69, 9.17) is 15.3 Å². The molecule has 108 valence electrons. The number of ether oxygens (including phenoxy) is 2. The Morgan fingerprint density at radius 1 is 1.26 bits per heavy atom. The van der Waals surface area contributed by atoms with E-state index in [1.807, 2.05) is 6.92 Å². The zero-order valence-electron chi connectivity index (χ0n) is 12.5. The first kappa shape index (κ1) is 16.0. The van der Waals surface area contributed by atoms with E-state index in [9.17, 15) is 0 Å². The zero-order chi connectivity index (χ0) is 14.3. The van der Waals surface area contributed by atoms with E-state index in [0.29, 0.717) is 0 Å². The maximum absolute atomic E-state index is 5.69. The fraction of sp³-hybridized carbons (Fsp3) is 0.600. The number of methoxy groups -OCH3 is 1. The lowest BCUT2D eigenvalue weighted by Gasteiger charge is -2.20. The highest BCUT2D eigenvalue weighted by atomic mass is 16.5. The molecule has 1 aromatic rings. The van der Waals surface area contributed by atoms with Gasteiger partial charge in [-0.25, -0.2) is 0 Å². The van der Waals surface area contributed by atoms with Crippen LogP contribution in [-0.2, 0) is 4.74 Å². The summed E-state index contributed by atoms with van der Waals surface area (Å²) in [6.07, 6.45) is 1.95. The second kappa shape index (κ2) is 8.15.